The van der Waals surface area contributed by atoms with Gasteiger partial charge in [0.2, 0.25) is 0 Å². The van der Waals surface area contributed by atoms with E-state index in [0.29, 0.717) is 10.7 Å². The summed E-state index contributed by atoms with van der Waals surface area (Å²) in [5.74, 6) is 0.329. The molecule has 3 aromatic carbocycles. The monoisotopic (exact) mass is 458 g/mol. The van der Waals surface area contributed by atoms with Gasteiger partial charge in [-0.15, -0.1) is 0 Å². The molecule has 1 aliphatic heterocycles. The number of aliphatic hydroxyl groups excluding tert-OH is 1. The Kier molecular flexibility index (Phi) is 5.66. The Morgan fingerprint density at radius 3 is 2.12 bits per heavy atom. The van der Waals surface area contributed by atoms with Crippen LogP contribution in [0.1, 0.15) is 5.56 Å². The van der Waals surface area contributed by atoms with Gasteiger partial charge in [-0.25, -0.2) is 0 Å². The van der Waals surface area contributed by atoms with Gasteiger partial charge in [0.15, 0.2) is 0 Å². The molecule has 0 bridgehead atoms. The van der Waals surface area contributed by atoms with Crippen molar-refractivity contribution in [3.05, 3.63) is 83.3 Å². The topological polar surface area (TPSA) is 71.8 Å². The molecule has 0 unspecified atom stereocenters. The highest BCUT2D eigenvalue weighted by Crippen LogP contribution is 2.33. The minimum Gasteiger partial charge on any atom is -0.497 e. The van der Waals surface area contributed by atoms with Gasteiger partial charge in [0.25, 0.3) is 11.1 Å². The molecule has 0 spiro atoms. The van der Waals surface area contributed by atoms with Crippen LogP contribution in [0.4, 0.5) is 4.79 Å². The lowest BCUT2D eigenvalue weighted by Crippen LogP contribution is -2.37. The van der Waals surface area contributed by atoms with Crippen LogP contribution >= 0.6 is 11.8 Å². The second-order valence-electron chi connectivity index (χ2n) is 7.86. The first-order valence-corrected chi connectivity index (χ1v) is 11.4. The molecule has 5 rings (SSSR count). The third kappa shape index (κ3) is 4.01. The Morgan fingerprint density at radius 2 is 1.52 bits per heavy atom. The van der Waals surface area contributed by atoms with E-state index in [-0.39, 0.29) is 24.2 Å². The molecule has 0 aliphatic carbocycles. The Bertz CT molecular complexity index is 1340. The predicted octanol–water partition coefficient (Wildman–Crippen LogP) is 4.90. The van der Waals surface area contributed by atoms with Crippen molar-refractivity contribution in [2.75, 3.05) is 13.7 Å². The van der Waals surface area contributed by atoms with E-state index in [4.69, 9.17) is 4.74 Å². The fourth-order valence-corrected chi connectivity index (χ4v) is 5.04. The van der Waals surface area contributed by atoms with Gasteiger partial charge < -0.3 is 14.4 Å². The molecule has 1 fully saturated rings. The second kappa shape index (κ2) is 8.77. The summed E-state index contributed by atoms with van der Waals surface area (Å²) in [5.41, 5.74) is 2.81. The molecule has 1 aromatic heterocycles. The van der Waals surface area contributed by atoms with Crippen molar-refractivity contribution in [2.45, 2.75) is 12.6 Å². The van der Waals surface area contributed by atoms with Crippen LogP contribution in [-0.4, -0.2) is 45.5 Å². The van der Waals surface area contributed by atoms with Crippen LogP contribution in [0, 0.1) is 0 Å². The van der Waals surface area contributed by atoms with E-state index in [9.17, 15) is 14.7 Å². The highest BCUT2D eigenvalue weighted by Gasteiger charge is 2.36. The second-order valence-corrected chi connectivity index (χ2v) is 8.86. The van der Waals surface area contributed by atoms with Crippen molar-refractivity contribution in [1.29, 1.82) is 0 Å². The van der Waals surface area contributed by atoms with E-state index in [0.717, 1.165) is 44.0 Å². The van der Waals surface area contributed by atoms with Gasteiger partial charge in [-0.3, -0.25) is 14.5 Å². The van der Waals surface area contributed by atoms with E-state index >= 15 is 0 Å². The lowest BCUT2D eigenvalue weighted by atomic mass is 10.2. The molecule has 166 valence electrons. The molecule has 0 radical (unpaired) electrons. The number of hydrogen-bond donors (Lipinski definition) is 1. The highest BCUT2D eigenvalue weighted by molar-refractivity contribution is 8.18. The van der Waals surface area contributed by atoms with Crippen LogP contribution in [0.25, 0.3) is 27.9 Å². The smallest absolute Gasteiger partial charge is 0.293 e. The molecular formula is C26H22N2O4S. The van der Waals surface area contributed by atoms with Gasteiger partial charge in [0.05, 0.1) is 31.2 Å². The number of carbonyl (C=O) groups excluding carboxylic acids is 2. The number of ether oxygens (including phenoxy) is 1. The van der Waals surface area contributed by atoms with Gasteiger partial charge in [-0.1, -0.05) is 48.5 Å². The number of rotatable bonds is 6. The quantitative estimate of drug-likeness (QED) is 0.416. The lowest BCUT2D eigenvalue weighted by Gasteiger charge is -2.19. The first kappa shape index (κ1) is 21.3. The molecule has 7 heteroatoms. The number of methoxy groups -OCH3 is 1. The van der Waals surface area contributed by atoms with Gasteiger partial charge in [0.1, 0.15) is 5.75 Å². The first-order valence-electron chi connectivity index (χ1n) is 10.6. The van der Waals surface area contributed by atoms with Crippen LogP contribution in [-0.2, 0) is 11.3 Å². The summed E-state index contributed by atoms with van der Waals surface area (Å²) in [4.78, 5) is 26.9. The van der Waals surface area contributed by atoms with Crippen molar-refractivity contribution in [3.63, 3.8) is 0 Å². The third-order valence-corrected chi connectivity index (χ3v) is 6.66. The SMILES string of the molecule is COc1ccc(/C=C2\SC(=O)N(C[C@@H](O)Cn3c4ccccc4c4ccccc43)C2=O)cc1. The maximum atomic E-state index is 12.9. The molecule has 2 amide bonds. The summed E-state index contributed by atoms with van der Waals surface area (Å²) in [5, 5.41) is 12.7. The molecule has 4 aromatic rings. The van der Waals surface area contributed by atoms with E-state index in [1.807, 2.05) is 53.1 Å². The molecular weight excluding hydrogens is 436 g/mol. The molecule has 1 aliphatic rings. The number of para-hydroxylation sites is 2. The summed E-state index contributed by atoms with van der Waals surface area (Å²) < 4.78 is 7.19. The molecule has 2 heterocycles. The van der Waals surface area contributed by atoms with Crippen molar-refractivity contribution in [2.24, 2.45) is 0 Å². The van der Waals surface area contributed by atoms with Gasteiger partial charge >= 0.3 is 0 Å². The number of hydrogen-bond acceptors (Lipinski definition) is 5. The maximum absolute atomic E-state index is 12.9. The Labute approximate surface area is 195 Å². The summed E-state index contributed by atoms with van der Waals surface area (Å²) in [7, 11) is 1.59. The zero-order valence-electron chi connectivity index (χ0n) is 18.0. The fraction of sp³-hybridized carbons (Fsp3) is 0.154. The maximum Gasteiger partial charge on any atom is 0.293 e. The standard InChI is InChI=1S/C26H22N2O4S/c1-32-19-12-10-17(11-13-19)14-24-25(30)28(26(31)33-24)16-18(29)15-27-22-8-4-2-6-20(22)21-7-3-5-9-23(21)27/h2-14,18,29H,15-16H2,1H3/b24-14-/t18-/m0/s1. The van der Waals surface area contributed by atoms with Crippen molar-refractivity contribution < 1.29 is 19.4 Å². The van der Waals surface area contributed by atoms with E-state index in [1.54, 1.807) is 25.3 Å². The lowest BCUT2D eigenvalue weighted by molar-refractivity contribution is -0.123. The van der Waals surface area contributed by atoms with Crippen LogP contribution in [0.3, 0.4) is 0 Å². The number of carbonyl (C=O) groups is 2. The number of aliphatic hydroxyl groups is 1. The third-order valence-electron chi connectivity index (χ3n) is 5.75. The molecule has 1 saturated heterocycles. The zero-order valence-corrected chi connectivity index (χ0v) is 18.8. The van der Waals surface area contributed by atoms with E-state index in [2.05, 4.69) is 12.1 Å². The minimum absolute atomic E-state index is 0.0640. The number of amides is 2. The number of nitrogens with zero attached hydrogens (tertiary/aromatic N) is 2. The number of fused-ring (bicyclic) bond motifs is 3. The highest BCUT2D eigenvalue weighted by atomic mass is 32.2. The minimum atomic E-state index is -0.905. The molecule has 0 saturated carbocycles. The van der Waals surface area contributed by atoms with E-state index < -0.39 is 6.10 Å². The predicted molar refractivity (Wildman–Crippen MR) is 131 cm³/mol. The molecule has 1 N–H and O–H groups in total. The van der Waals surface area contributed by atoms with Gasteiger partial charge in [-0.05, 0) is 47.7 Å². The molecule has 1 atom stereocenters. The average Bonchev–Trinajstić information content (AvgIpc) is 3.29. The Morgan fingerprint density at radius 1 is 0.909 bits per heavy atom. The van der Waals surface area contributed by atoms with Crippen LogP contribution < -0.4 is 4.74 Å². The summed E-state index contributed by atoms with van der Waals surface area (Å²) in [6.45, 7) is 0.207. The average molecular weight is 459 g/mol. The van der Waals surface area contributed by atoms with Crippen molar-refractivity contribution in [1.82, 2.24) is 9.47 Å². The molecule has 6 nitrogen and oxygen atoms in total. The number of benzene rings is 3. The largest absolute Gasteiger partial charge is 0.497 e. The fourth-order valence-electron chi connectivity index (χ4n) is 4.19. The Balaban J connectivity index is 1.36. The summed E-state index contributed by atoms with van der Waals surface area (Å²) >= 11 is 0.891. The van der Waals surface area contributed by atoms with Gasteiger partial charge in [-0.2, -0.15) is 0 Å². The molecule has 33 heavy (non-hydrogen) atoms. The number of β-amino-alcohol motifs (C(OH)–C–C–N with tert-alkyl or cyclic N) is 1. The van der Waals surface area contributed by atoms with E-state index in [1.165, 1.54) is 0 Å². The number of imide groups is 1. The van der Waals surface area contributed by atoms with Crippen molar-refractivity contribution >= 4 is 50.8 Å². The van der Waals surface area contributed by atoms with Gasteiger partial charge in [0, 0.05) is 21.8 Å². The van der Waals surface area contributed by atoms with Crippen molar-refractivity contribution in [3.8, 4) is 5.75 Å². The number of thioether (sulfide) groups is 1. The summed E-state index contributed by atoms with van der Waals surface area (Å²) in [6.07, 6.45) is 0.780. The zero-order chi connectivity index (χ0) is 22.9. The first-order chi connectivity index (χ1) is 16.0. The van der Waals surface area contributed by atoms with Crippen LogP contribution in [0.5, 0.6) is 5.75 Å². The van der Waals surface area contributed by atoms with Crippen LogP contribution in [0.15, 0.2) is 77.7 Å². The van der Waals surface area contributed by atoms with Crippen LogP contribution in [0.2, 0.25) is 0 Å². The number of aromatic nitrogens is 1. The summed E-state index contributed by atoms with van der Waals surface area (Å²) in [6, 6.07) is 23.3. The Hall–Kier alpha value is -3.55. The normalized spacial score (nSPS) is 16.3.